The van der Waals surface area contributed by atoms with Gasteiger partial charge in [-0.05, 0) is 0 Å². The molecule has 1 amide bonds. The largest absolute Gasteiger partial charge is 0.465 e. The number of hydrogen-bond donors (Lipinski definition) is 1. The van der Waals surface area contributed by atoms with Gasteiger partial charge in [-0.1, -0.05) is 0 Å². The van der Waals surface area contributed by atoms with Gasteiger partial charge >= 0.3 is 6.09 Å². The molecule has 0 atom stereocenters. The standard InChI is InChI=1S/C9H9N3O3/c13-9(14)11-4-2-6-7(5-11)15-8-1-3-10-12(6)8/h1,3H,2,4-5H2,(H,13,14). The molecule has 1 aliphatic rings. The molecule has 1 N–H and O–H groups in total. The molecule has 0 saturated heterocycles. The SMILES string of the molecule is O=C(O)N1CCc2c(oc3ccnn23)C1. The zero-order valence-electron chi connectivity index (χ0n) is 7.88. The van der Waals surface area contributed by atoms with Crippen LogP contribution in [0.5, 0.6) is 0 Å². The Kier molecular flexibility index (Phi) is 1.53. The van der Waals surface area contributed by atoms with Crippen LogP contribution in [0.3, 0.4) is 0 Å². The summed E-state index contributed by atoms with van der Waals surface area (Å²) in [5.41, 5.74) is 1.65. The van der Waals surface area contributed by atoms with E-state index in [1.54, 1.807) is 16.8 Å². The minimum atomic E-state index is -0.908. The molecule has 0 spiro atoms. The summed E-state index contributed by atoms with van der Waals surface area (Å²) in [5.74, 6) is 0.701. The maximum absolute atomic E-state index is 10.8. The van der Waals surface area contributed by atoms with Crippen molar-refractivity contribution in [3.8, 4) is 0 Å². The Labute approximate surface area is 84.7 Å². The molecule has 0 aromatic carbocycles. The molecule has 0 saturated carbocycles. The van der Waals surface area contributed by atoms with Crippen LogP contribution in [0.25, 0.3) is 5.71 Å². The first kappa shape index (κ1) is 8.34. The fourth-order valence-corrected chi connectivity index (χ4v) is 1.90. The number of hydrogen-bond acceptors (Lipinski definition) is 3. The third kappa shape index (κ3) is 1.11. The van der Waals surface area contributed by atoms with Crippen LogP contribution in [-0.2, 0) is 13.0 Å². The van der Waals surface area contributed by atoms with Crippen molar-refractivity contribution in [2.75, 3.05) is 6.54 Å². The Morgan fingerprint density at radius 1 is 1.60 bits per heavy atom. The van der Waals surface area contributed by atoms with Crippen LogP contribution < -0.4 is 0 Å². The van der Waals surface area contributed by atoms with Crippen molar-refractivity contribution in [1.82, 2.24) is 14.5 Å². The average molecular weight is 207 g/mol. The highest BCUT2D eigenvalue weighted by Gasteiger charge is 2.25. The Balaban J connectivity index is 2.06. The Morgan fingerprint density at radius 3 is 3.27 bits per heavy atom. The van der Waals surface area contributed by atoms with E-state index >= 15 is 0 Å². The van der Waals surface area contributed by atoms with Crippen LogP contribution in [-0.4, -0.2) is 32.3 Å². The van der Waals surface area contributed by atoms with Crippen molar-refractivity contribution >= 4 is 11.8 Å². The predicted octanol–water partition coefficient (Wildman–Crippen LogP) is 0.963. The fourth-order valence-electron chi connectivity index (χ4n) is 1.90. The van der Waals surface area contributed by atoms with E-state index in [4.69, 9.17) is 9.52 Å². The molecule has 0 bridgehead atoms. The van der Waals surface area contributed by atoms with Crippen LogP contribution in [0, 0.1) is 0 Å². The molecule has 2 aromatic heterocycles. The second-order valence-electron chi connectivity index (χ2n) is 3.51. The fraction of sp³-hybridized carbons (Fsp3) is 0.333. The zero-order chi connectivity index (χ0) is 10.4. The molecular weight excluding hydrogens is 198 g/mol. The molecule has 0 fully saturated rings. The van der Waals surface area contributed by atoms with Gasteiger partial charge in [0.1, 0.15) is 5.76 Å². The third-order valence-corrected chi connectivity index (χ3v) is 2.64. The number of nitrogens with zero attached hydrogens (tertiary/aromatic N) is 3. The van der Waals surface area contributed by atoms with Crippen LogP contribution in [0.4, 0.5) is 4.79 Å². The highest BCUT2D eigenvalue weighted by molar-refractivity contribution is 5.65. The summed E-state index contributed by atoms with van der Waals surface area (Å²) >= 11 is 0. The monoisotopic (exact) mass is 207 g/mol. The average Bonchev–Trinajstić information content (AvgIpc) is 2.75. The number of rotatable bonds is 0. The van der Waals surface area contributed by atoms with Crippen LogP contribution in [0.1, 0.15) is 11.5 Å². The predicted molar refractivity (Wildman–Crippen MR) is 49.6 cm³/mol. The number of oxazole rings is 1. The molecule has 6 heteroatoms. The molecule has 3 rings (SSSR count). The molecule has 2 aromatic rings. The van der Waals surface area contributed by atoms with E-state index < -0.39 is 6.09 Å². The molecule has 15 heavy (non-hydrogen) atoms. The van der Waals surface area contributed by atoms with Gasteiger partial charge in [0.25, 0.3) is 0 Å². The van der Waals surface area contributed by atoms with E-state index in [0.717, 1.165) is 5.69 Å². The summed E-state index contributed by atoms with van der Waals surface area (Å²) in [4.78, 5) is 12.1. The summed E-state index contributed by atoms with van der Waals surface area (Å²) in [7, 11) is 0. The summed E-state index contributed by atoms with van der Waals surface area (Å²) < 4.78 is 7.24. The Bertz CT molecular complexity index is 528. The minimum absolute atomic E-state index is 0.314. The second kappa shape index (κ2) is 2.75. The van der Waals surface area contributed by atoms with Crippen LogP contribution in [0.2, 0.25) is 0 Å². The maximum atomic E-state index is 10.8. The van der Waals surface area contributed by atoms with Crippen molar-refractivity contribution < 1.29 is 14.3 Å². The van der Waals surface area contributed by atoms with Gasteiger partial charge < -0.3 is 14.4 Å². The van der Waals surface area contributed by atoms with Crippen molar-refractivity contribution in [3.63, 3.8) is 0 Å². The van der Waals surface area contributed by atoms with Crippen LogP contribution in [0.15, 0.2) is 16.7 Å². The molecule has 0 aliphatic carbocycles. The van der Waals surface area contributed by atoms with Gasteiger partial charge in [-0.2, -0.15) is 5.10 Å². The lowest BCUT2D eigenvalue weighted by molar-refractivity contribution is 0.135. The first-order valence-electron chi connectivity index (χ1n) is 4.68. The first-order chi connectivity index (χ1) is 7.25. The number of carbonyl (C=O) groups is 1. The van der Waals surface area contributed by atoms with Gasteiger partial charge in [-0.25, -0.2) is 9.31 Å². The summed E-state index contributed by atoms with van der Waals surface area (Å²) in [6.07, 6.45) is 1.41. The van der Waals surface area contributed by atoms with Crippen molar-refractivity contribution in [2.45, 2.75) is 13.0 Å². The van der Waals surface area contributed by atoms with Gasteiger partial charge in [0.05, 0.1) is 18.4 Å². The summed E-state index contributed by atoms with van der Waals surface area (Å²) in [6, 6.07) is 1.77. The molecule has 0 unspecified atom stereocenters. The van der Waals surface area contributed by atoms with E-state index in [1.165, 1.54) is 4.90 Å². The maximum Gasteiger partial charge on any atom is 0.407 e. The third-order valence-electron chi connectivity index (χ3n) is 2.64. The quantitative estimate of drug-likeness (QED) is 0.698. The minimum Gasteiger partial charge on any atom is -0.465 e. The number of amides is 1. The molecule has 1 aliphatic heterocycles. The normalized spacial score (nSPS) is 15.6. The molecule has 78 valence electrons. The van der Waals surface area contributed by atoms with Gasteiger partial charge in [0.2, 0.25) is 5.71 Å². The smallest absolute Gasteiger partial charge is 0.407 e. The van der Waals surface area contributed by atoms with Crippen molar-refractivity contribution in [2.24, 2.45) is 0 Å². The lowest BCUT2D eigenvalue weighted by atomic mass is 10.2. The Hall–Kier alpha value is -1.98. The van der Waals surface area contributed by atoms with E-state index in [0.29, 0.717) is 31.0 Å². The van der Waals surface area contributed by atoms with E-state index in [-0.39, 0.29) is 0 Å². The van der Waals surface area contributed by atoms with Gasteiger partial charge in [0, 0.05) is 19.0 Å². The topological polar surface area (TPSA) is 71.0 Å². The lowest BCUT2D eigenvalue weighted by Gasteiger charge is -2.22. The summed E-state index contributed by atoms with van der Waals surface area (Å²) in [6.45, 7) is 0.810. The number of fused-ring (bicyclic) bond motifs is 3. The van der Waals surface area contributed by atoms with Crippen molar-refractivity contribution in [3.05, 3.63) is 23.7 Å². The van der Waals surface area contributed by atoms with Gasteiger partial charge in [0.15, 0.2) is 0 Å². The molecular formula is C9H9N3O3. The number of aromatic nitrogens is 2. The van der Waals surface area contributed by atoms with E-state index in [1.807, 2.05) is 0 Å². The molecule has 0 radical (unpaired) electrons. The highest BCUT2D eigenvalue weighted by Crippen LogP contribution is 2.22. The molecule has 6 nitrogen and oxygen atoms in total. The lowest BCUT2D eigenvalue weighted by Crippen LogP contribution is -2.34. The first-order valence-corrected chi connectivity index (χ1v) is 4.68. The molecule has 3 heterocycles. The van der Waals surface area contributed by atoms with Crippen LogP contribution >= 0.6 is 0 Å². The van der Waals surface area contributed by atoms with E-state index in [2.05, 4.69) is 5.10 Å². The van der Waals surface area contributed by atoms with E-state index in [9.17, 15) is 4.79 Å². The second-order valence-corrected chi connectivity index (χ2v) is 3.51. The van der Waals surface area contributed by atoms with Crippen molar-refractivity contribution in [1.29, 1.82) is 0 Å². The highest BCUT2D eigenvalue weighted by atomic mass is 16.4. The summed E-state index contributed by atoms with van der Waals surface area (Å²) in [5, 5.41) is 13.0. The van der Waals surface area contributed by atoms with Gasteiger partial charge in [-0.3, -0.25) is 0 Å². The van der Waals surface area contributed by atoms with Gasteiger partial charge in [-0.15, -0.1) is 0 Å². The number of carboxylic acid groups (broad SMARTS) is 1. The Morgan fingerprint density at radius 2 is 2.47 bits per heavy atom. The zero-order valence-corrected chi connectivity index (χ0v) is 7.88.